The van der Waals surface area contributed by atoms with Crippen molar-refractivity contribution in [3.8, 4) is 0 Å². The topological polar surface area (TPSA) is 83.6 Å². The molecular formula is C12H24N2O4S2. The minimum Gasteiger partial charge on any atom is -0.315 e. The fourth-order valence-electron chi connectivity index (χ4n) is 3.08. The highest BCUT2D eigenvalue weighted by atomic mass is 32.2. The molecule has 0 aromatic carbocycles. The van der Waals surface area contributed by atoms with Gasteiger partial charge in [0.2, 0.25) is 10.0 Å². The van der Waals surface area contributed by atoms with Crippen LogP contribution < -0.4 is 5.32 Å². The number of hydrogen-bond acceptors (Lipinski definition) is 5. The van der Waals surface area contributed by atoms with Crippen molar-refractivity contribution in [3.05, 3.63) is 0 Å². The summed E-state index contributed by atoms with van der Waals surface area (Å²) in [7, 11) is -6.42. The molecule has 2 aliphatic heterocycles. The van der Waals surface area contributed by atoms with Crippen LogP contribution in [-0.4, -0.2) is 63.6 Å². The number of likely N-dealkylation sites (N-methyl/N-ethyl adjacent to an activating group) is 1. The molecule has 0 spiro atoms. The average molecular weight is 324 g/mol. The highest BCUT2D eigenvalue weighted by molar-refractivity contribution is 7.92. The van der Waals surface area contributed by atoms with Crippen LogP contribution in [0.1, 0.15) is 32.6 Å². The van der Waals surface area contributed by atoms with E-state index in [4.69, 9.17) is 0 Å². The Balaban J connectivity index is 2.11. The van der Waals surface area contributed by atoms with Gasteiger partial charge >= 0.3 is 0 Å². The summed E-state index contributed by atoms with van der Waals surface area (Å²) in [4.78, 5) is 0. The highest BCUT2D eigenvalue weighted by Gasteiger charge is 2.39. The summed E-state index contributed by atoms with van der Waals surface area (Å²) in [6, 6.07) is 0.0114. The van der Waals surface area contributed by atoms with E-state index in [1.807, 2.05) is 6.92 Å². The van der Waals surface area contributed by atoms with Crippen molar-refractivity contribution in [2.45, 2.75) is 43.9 Å². The molecule has 0 bridgehead atoms. The fraction of sp³-hybridized carbons (Fsp3) is 1.00. The Morgan fingerprint density at radius 1 is 1.20 bits per heavy atom. The third kappa shape index (κ3) is 3.52. The Kier molecular flexibility index (Phi) is 5.09. The average Bonchev–Trinajstić information content (AvgIpc) is 2.40. The first-order valence-electron chi connectivity index (χ1n) is 7.28. The highest BCUT2D eigenvalue weighted by Crippen LogP contribution is 2.25. The van der Waals surface area contributed by atoms with Crippen molar-refractivity contribution in [2.24, 2.45) is 0 Å². The fourth-order valence-corrected chi connectivity index (χ4v) is 7.04. The first kappa shape index (κ1) is 16.2. The van der Waals surface area contributed by atoms with Crippen LogP contribution >= 0.6 is 0 Å². The summed E-state index contributed by atoms with van der Waals surface area (Å²) in [5.41, 5.74) is 0. The van der Waals surface area contributed by atoms with Gasteiger partial charge in [-0.3, -0.25) is 0 Å². The zero-order chi connectivity index (χ0) is 14.8. The minimum atomic E-state index is -3.40. The van der Waals surface area contributed by atoms with Crippen LogP contribution in [0.15, 0.2) is 0 Å². The molecule has 0 saturated carbocycles. The van der Waals surface area contributed by atoms with E-state index in [-0.39, 0.29) is 30.4 Å². The van der Waals surface area contributed by atoms with E-state index >= 15 is 0 Å². The second-order valence-corrected chi connectivity index (χ2v) is 10.1. The number of rotatable bonds is 4. The van der Waals surface area contributed by atoms with Crippen LogP contribution in [0.5, 0.6) is 0 Å². The third-order valence-electron chi connectivity index (χ3n) is 4.24. The molecule has 2 heterocycles. The maximum Gasteiger partial charge on any atom is 0.217 e. The quantitative estimate of drug-likeness (QED) is 0.785. The molecule has 20 heavy (non-hydrogen) atoms. The van der Waals surface area contributed by atoms with Crippen LogP contribution in [0.4, 0.5) is 0 Å². The molecule has 1 unspecified atom stereocenters. The zero-order valence-corrected chi connectivity index (χ0v) is 13.5. The monoisotopic (exact) mass is 324 g/mol. The molecule has 118 valence electrons. The molecule has 1 N–H and O–H groups in total. The lowest BCUT2D eigenvalue weighted by Gasteiger charge is -2.36. The van der Waals surface area contributed by atoms with Gasteiger partial charge in [-0.25, -0.2) is 16.8 Å². The van der Waals surface area contributed by atoms with E-state index < -0.39 is 25.1 Å². The van der Waals surface area contributed by atoms with Crippen molar-refractivity contribution in [1.82, 2.24) is 9.62 Å². The van der Waals surface area contributed by atoms with Crippen LogP contribution in [0.3, 0.4) is 0 Å². The van der Waals surface area contributed by atoms with Crippen LogP contribution in [-0.2, 0) is 19.9 Å². The standard InChI is InChI=1S/C12H24N2O4S2/c1-2-14(11-4-3-7-13-10-11)20(17,18)12-5-8-19(15,16)9-6-12/h11-13H,2-10H2,1H3. The number of sulfone groups is 1. The Morgan fingerprint density at radius 3 is 2.35 bits per heavy atom. The van der Waals surface area contributed by atoms with Crippen LogP contribution in [0, 0.1) is 0 Å². The smallest absolute Gasteiger partial charge is 0.217 e. The maximum absolute atomic E-state index is 12.7. The molecule has 1 atom stereocenters. The lowest BCUT2D eigenvalue weighted by molar-refractivity contribution is 0.271. The van der Waals surface area contributed by atoms with Crippen LogP contribution in [0.25, 0.3) is 0 Å². The summed E-state index contributed by atoms with van der Waals surface area (Å²) in [5, 5.41) is 2.70. The third-order valence-corrected chi connectivity index (χ3v) is 8.48. The predicted molar refractivity (Wildman–Crippen MR) is 78.9 cm³/mol. The molecule has 0 aromatic rings. The van der Waals surface area contributed by atoms with Crippen molar-refractivity contribution in [1.29, 1.82) is 0 Å². The van der Waals surface area contributed by atoms with Crippen molar-refractivity contribution in [3.63, 3.8) is 0 Å². The largest absolute Gasteiger partial charge is 0.315 e. The Labute approximate surface area is 121 Å². The van der Waals surface area contributed by atoms with Crippen molar-refractivity contribution >= 4 is 19.9 Å². The zero-order valence-electron chi connectivity index (χ0n) is 11.9. The number of sulfonamides is 1. The van der Waals surface area contributed by atoms with Gasteiger partial charge in [-0.05, 0) is 32.2 Å². The minimum absolute atomic E-state index is 0.00261. The van der Waals surface area contributed by atoms with E-state index in [1.165, 1.54) is 0 Å². The second-order valence-electron chi connectivity index (χ2n) is 5.60. The van der Waals surface area contributed by atoms with E-state index in [0.29, 0.717) is 13.1 Å². The normalized spacial score (nSPS) is 28.6. The van der Waals surface area contributed by atoms with Gasteiger partial charge in [-0.1, -0.05) is 6.92 Å². The number of hydrogen-bond donors (Lipinski definition) is 1. The molecule has 0 amide bonds. The van der Waals surface area contributed by atoms with Gasteiger partial charge in [0.1, 0.15) is 9.84 Å². The number of piperidine rings is 1. The Bertz CT molecular complexity index is 510. The van der Waals surface area contributed by atoms with Gasteiger partial charge in [0.25, 0.3) is 0 Å². The Morgan fingerprint density at radius 2 is 1.85 bits per heavy atom. The molecule has 0 aliphatic carbocycles. The number of nitrogens with zero attached hydrogens (tertiary/aromatic N) is 1. The predicted octanol–water partition coefficient (Wildman–Crippen LogP) is -0.0327. The Hall–Kier alpha value is -0.180. The first-order valence-corrected chi connectivity index (χ1v) is 10.6. The van der Waals surface area contributed by atoms with Crippen molar-refractivity contribution < 1.29 is 16.8 Å². The van der Waals surface area contributed by atoms with E-state index in [2.05, 4.69) is 5.32 Å². The summed E-state index contributed by atoms with van der Waals surface area (Å²) < 4.78 is 49.9. The molecule has 6 nitrogen and oxygen atoms in total. The van der Waals surface area contributed by atoms with E-state index in [0.717, 1.165) is 19.4 Å². The molecule has 0 radical (unpaired) electrons. The molecule has 2 rings (SSSR count). The maximum atomic E-state index is 12.7. The molecule has 2 saturated heterocycles. The summed E-state index contributed by atoms with van der Waals surface area (Å²) in [5.74, 6) is -0.00522. The van der Waals surface area contributed by atoms with E-state index in [9.17, 15) is 16.8 Å². The second kappa shape index (κ2) is 6.29. The lowest BCUT2D eigenvalue weighted by Crippen LogP contribution is -2.52. The van der Waals surface area contributed by atoms with Gasteiger partial charge in [0, 0.05) is 19.1 Å². The van der Waals surface area contributed by atoms with Gasteiger partial charge in [0.05, 0.1) is 16.8 Å². The summed E-state index contributed by atoms with van der Waals surface area (Å²) in [6.07, 6.45) is 2.34. The van der Waals surface area contributed by atoms with E-state index in [1.54, 1.807) is 4.31 Å². The molecule has 2 aliphatic rings. The SMILES string of the molecule is CCN(C1CCCNC1)S(=O)(=O)C1CCS(=O)(=O)CC1. The molecule has 2 fully saturated rings. The summed E-state index contributed by atoms with van der Waals surface area (Å²) >= 11 is 0. The summed E-state index contributed by atoms with van der Waals surface area (Å²) in [6.45, 7) is 3.94. The van der Waals surface area contributed by atoms with Gasteiger partial charge in [-0.2, -0.15) is 4.31 Å². The molecule has 0 aromatic heterocycles. The molecule has 8 heteroatoms. The van der Waals surface area contributed by atoms with Crippen molar-refractivity contribution in [2.75, 3.05) is 31.1 Å². The number of nitrogens with one attached hydrogen (secondary N) is 1. The lowest BCUT2D eigenvalue weighted by atomic mass is 10.1. The van der Waals surface area contributed by atoms with Gasteiger partial charge in [0.15, 0.2) is 0 Å². The van der Waals surface area contributed by atoms with Gasteiger partial charge < -0.3 is 5.32 Å². The first-order chi connectivity index (χ1) is 9.37. The van der Waals surface area contributed by atoms with Crippen LogP contribution in [0.2, 0.25) is 0 Å². The van der Waals surface area contributed by atoms with Gasteiger partial charge in [-0.15, -0.1) is 0 Å². The molecular weight excluding hydrogens is 300 g/mol.